The van der Waals surface area contributed by atoms with E-state index in [9.17, 15) is 18.0 Å². The Bertz CT molecular complexity index is 708. The molecule has 23 heavy (non-hydrogen) atoms. The van der Waals surface area contributed by atoms with Crippen molar-refractivity contribution in [1.82, 2.24) is 0 Å². The molecule has 2 fully saturated rings. The molecule has 2 saturated carbocycles. The molecule has 4 nitrogen and oxygen atoms in total. The molecule has 0 aromatic heterocycles. The van der Waals surface area contributed by atoms with Gasteiger partial charge in [-0.25, -0.2) is 8.42 Å². The zero-order valence-electron chi connectivity index (χ0n) is 13.3. The molecule has 2 aliphatic rings. The zero-order valence-corrected chi connectivity index (χ0v) is 14.1. The first-order chi connectivity index (χ1) is 10.9. The van der Waals surface area contributed by atoms with Gasteiger partial charge in [-0.05, 0) is 37.3 Å². The van der Waals surface area contributed by atoms with Gasteiger partial charge in [0.15, 0.2) is 9.84 Å². The van der Waals surface area contributed by atoms with Crippen molar-refractivity contribution in [2.75, 3.05) is 5.75 Å². The molecule has 1 aromatic carbocycles. The van der Waals surface area contributed by atoms with Crippen molar-refractivity contribution in [3.8, 4) is 0 Å². The fourth-order valence-electron chi connectivity index (χ4n) is 4.19. The Morgan fingerprint density at radius 3 is 2.48 bits per heavy atom. The van der Waals surface area contributed by atoms with Crippen LogP contribution in [0.15, 0.2) is 35.2 Å². The van der Waals surface area contributed by atoms with Crippen LogP contribution in [0.2, 0.25) is 0 Å². The second kappa shape index (κ2) is 6.19. The Morgan fingerprint density at radius 1 is 1.13 bits per heavy atom. The van der Waals surface area contributed by atoms with Gasteiger partial charge in [-0.3, -0.25) is 9.59 Å². The molecular formula is C18H22O4S. The van der Waals surface area contributed by atoms with Gasteiger partial charge >= 0.3 is 0 Å². The van der Waals surface area contributed by atoms with E-state index in [1.165, 1.54) is 0 Å². The van der Waals surface area contributed by atoms with Crippen LogP contribution in [0.1, 0.15) is 32.6 Å². The van der Waals surface area contributed by atoms with Crippen molar-refractivity contribution in [2.45, 2.75) is 37.5 Å². The lowest BCUT2D eigenvalue weighted by atomic mass is 9.74. The van der Waals surface area contributed by atoms with E-state index in [-0.39, 0.29) is 40.0 Å². The van der Waals surface area contributed by atoms with E-state index in [2.05, 4.69) is 0 Å². The van der Waals surface area contributed by atoms with Crippen LogP contribution in [0.4, 0.5) is 0 Å². The Morgan fingerprint density at radius 2 is 1.83 bits per heavy atom. The quantitative estimate of drug-likeness (QED) is 0.849. The van der Waals surface area contributed by atoms with Crippen LogP contribution in [-0.4, -0.2) is 25.7 Å². The van der Waals surface area contributed by atoms with E-state index in [0.29, 0.717) is 19.3 Å². The fraction of sp³-hybridized carbons (Fsp3) is 0.556. The predicted molar refractivity (Wildman–Crippen MR) is 86.6 cm³/mol. The fourth-order valence-corrected chi connectivity index (χ4v) is 5.86. The highest BCUT2D eigenvalue weighted by Crippen LogP contribution is 2.46. The number of benzene rings is 1. The number of hydrogen-bond donors (Lipinski definition) is 0. The highest BCUT2D eigenvalue weighted by Gasteiger charge is 2.50. The number of rotatable bonds is 4. The third kappa shape index (κ3) is 2.99. The van der Waals surface area contributed by atoms with Gasteiger partial charge in [-0.15, -0.1) is 0 Å². The van der Waals surface area contributed by atoms with E-state index in [4.69, 9.17) is 0 Å². The summed E-state index contributed by atoms with van der Waals surface area (Å²) >= 11 is 0. The molecule has 0 heterocycles. The molecule has 1 aromatic rings. The standard InChI is InChI=1S/C18H22O4S/c1-2-12-10-15-14(18(12)20)8-9-17(19)16(15)11-23(21,22)13-6-4-3-5-7-13/h3-7,12,14-16H,2,8-11H2,1H3. The van der Waals surface area contributed by atoms with Crippen LogP contribution in [0, 0.1) is 23.7 Å². The summed E-state index contributed by atoms with van der Waals surface area (Å²) < 4.78 is 25.3. The smallest absolute Gasteiger partial charge is 0.179 e. The zero-order chi connectivity index (χ0) is 16.6. The van der Waals surface area contributed by atoms with Gasteiger partial charge < -0.3 is 0 Å². The van der Waals surface area contributed by atoms with Gasteiger partial charge in [0.05, 0.1) is 10.6 Å². The molecule has 4 atom stereocenters. The molecule has 0 radical (unpaired) electrons. The molecule has 3 rings (SSSR count). The van der Waals surface area contributed by atoms with Crippen molar-refractivity contribution in [3.05, 3.63) is 30.3 Å². The van der Waals surface area contributed by atoms with E-state index in [0.717, 1.165) is 6.42 Å². The van der Waals surface area contributed by atoms with Crippen LogP contribution in [0.25, 0.3) is 0 Å². The summed E-state index contributed by atoms with van der Waals surface area (Å²) in [5.41, 5.74) is 0. The minimum atomic E-state index is -3.51. The van der Waals surface area contributed by atoms with Crippen molar-refractivity contribution >= 4 is 21.4 Å². The largest absolute Gasteiger partial charge is 0.299 e. The van der Waals surface area contributed by atoms with E-state index < -0.39 is 15.8 Å². The highest BCUT2D eigenvalue weighted by atomic mass is 32.2. The molecule has 0 N–H and O–H groups in total. The monoisotopic (exact) mass is 334 g/mol. The molecule has 4 unspecified atom stereocenters. The second-order valence-electron chi connectivity index (χ2n) is 6.72. The predicted octanol–water partition coefficient (Wildman–Crippen LogP) is 2.67. The maximum atomic E-state index is 12.6. The summed E-state index contributed by atoms with van der Waals surface area (Å²) in [4.78, 5) is 25.0. The molecule has 0 spiro atoms. The lowest BCUT2D eigenvalue weighted by Crippen LogP contribution is -2.38. The Kier molecular flexibility index (Phi) is 4.41. The molecule has 0 amide bonds. The molecule has 124 valence electrons. The van der Waals surface area contributed by atoms with Crippen molar-refractivity contribution in [3.63, 3.8) is 0 Å². The summed E-state index contributed by atoms with van der Waals surface area (Å²) in [5, 5.41) is 0. The Hall–Kier alpha value is -1.49. The van der Waals surface area contributed by atoms with Crippen LogP contribution in [0.5, 0.6) is 0 Å². The number of carbonyl (C=O) groups is 2. The van der Waals surface area contributed by atoms with Gasteiger partial charge in [-0.2, -0.15) is 0 Å². The molecule has 0 bridgehead atoms. The number of Topliss-reactive ketones (excluding diaryl/α,β-unsaturated/α-hetero) is 2. The summed E-state index contributed by atoms with van der Waals surface area (Å²) in [6, 6.07) is 8.26. The van der Waals surface area contributed by atoms with E-state index in [1.807, 2.05) is 6.92 Å². The SMILES string of the molecule is CCC1CC2C(CS(=O)(=O)c3ccccc3)C(=O)CCC2C1=O. The number of hydrogen-bond acceptors (Lipinski definition) is 4. The summed E-state index contributed by atoms with van der Waals surface area (Å²) in [6.07, 6.45) is 2.37. The molecule has 2 aliphatic carbocycles. The van der Waals surface area contributed by atoms with Gasteiger partial charge in [0, 0.05) is 24.2 Å². The molecule has 0 aliphatic heterocycles. The normalized spacial score (nSPS) is 31.2. The average molecular weight is 334 g/mol. The Labute approximate surface area is 137 Å². The molecular weight excluding hydrogens is 312 g/mol. The second-order valence-corrected chi connectivity index (χ2v) is 8.75. The van der Waals surface area contributed by atoms with Crippen molar-refractivity contribution in [2.24, 2.45) is 23.7 Å². The summed E-state index contributed by atoms with van der Waals surface area (Å²) in [5.74, 6) is -0.652. The maximum Gasteiger partial charge on any atom is 0.179 e. The Balaban J connectivity index is 1.86. The first-order valence-corrected chi connectivity index (χ1v) is 9.93. The molecule has 0 saturated heterocycles. The third-order valence-electron chi connectivity index (χ3n) is 5.47. The number of ketones is 2. The van der Waals surface area contributed by atoms with Gasteiger partial charge in [-0.1, -0.05) is 25.1 Å². The van der Waals surface area contributed by atoms with Crippen molar-refractivity contribution < 1.29 is 18.0 Å². The average Bonchev–Trinajstić information content (AvgIpc) is 2.87. The number of fused-ring (bicyclic) bond motifs is 1. The van der Waals surface area contributed by atoms with Crippen LogP contribution < -0.4 is 0 Å². The van der Waals surface area contributed by atoms with Gasteiger partial charge in [0.1, 0.15) is 11.6 Å². The van der Waals surface area contributed by atoms with E-state index in [1.54, 1.807) is 30.3 Å². The summed E-state index contributed by atoms with van der Waals surface area (Å²) in [7, 11) is -3.51. The highest BCUT2D eigenvalue weighted by molar-refractivity contribution is 7.91. The molecule has 5 heteroatoms. The third-order valence-corrected chi connectivity index (χ3v) is 7.26. The topological polar surface area (TPSA) is 68.3 Å². The van der Waals surface area contributed by atoms with Crippen LogP contribution in [0.3, 0.4) is 0 Å². The minimum absolute atomic E-state index is 0.00201. The maximum absolute atomic E-state index is 12.6. The van der Waals surface area contributed by atoms with Crippen LogP contribution >= 0.6 is 0 Å². The summed E-state index contributed by atoms with van der Waals surface area (Å²) in [6.45, 7) is 1.98. The first kappa shape index (κ1) is 16.4. The number of sulfone groups is 1. The lowest BCUT2D eigenvalue weighted by molar-refractivity contribution is -0.130. The van der Waals surface area contributed by atoms with Gasteiger partial charge in [0.25, 0.3) is 0 Å². The number of carbonyl (C=O) groups excluding carboxylic acids is 2. The van der Waals surface area contributed by atoms with Crippen molar-refractivity contribution in [1.29, 1.82) is 0 Å². The lowest BCUT2D eigenvalue weighted by Gasteiger charge is -2.31. The van der Waals surface area contributed by atoms with Crippen LogP contribution in [-0.2, 0) is 19.4 Å². The van der Waals surface area contributed by atoms with Gasteiger partial charge in [0.2, 0.25) is 0 Å². The minimum Gasteiger partial charge on any atom is -0.299 e. The van der Waals surface area contributed by atoms with E-state index >= 15 is 0 Å². The first-order valence-electron chi connectivity index (χ1n) is 8.28.